The molecular formula is C28H35F3N2O4. The Bertz CT molecular complexity index is 1110. The Morgan fingerprint density at radius 1 is 1.11 bits per heavy atom. The van der Waals surface area contributed by atoms with E-state index in [1.807, 2.05) is 11.5 Å². The van der Waals surface area contributed by atoms with Crippen molar-refractivity contribution in [3.63, 3.8) is 0 Å². The van der Waals surface area contributed by atoms with Crippen molar-refractivity contribution < 1.29 is 32.6 Å². The number of aliphatic hydroxyl groups is 1. The van der Waals surface area contributed by atoms with Gasteiger partial charge < -0.3 is 19.7 Å². The van der Waals surface area contributed by atoms with Gasteiger partial charge in [0.2, 0.25) is 0 Å². The molecule has 0 radical (unpaired) electrons. The van der Waals surface area contributed by atoms with Crippen LogP contribution >= 0.6 is 0 Å². The number of carbonyl (C=O) groups excluding carboxylic acids is 2. The van der Waals surface area contributed by atoms with Gasteiger partial charge in [0.15, 0.2) is 0 Å². The van der Waals surface area contributed by atoms with Crippen molar-refractivity contribution in [1.29, 1.82) is 0 Å². The zero-order valence-corrected chi connectivity index (χ0v) is 21.5. The molecule has 1 aromatic heterocycles. The van der Waals surface area contributed by atoms with Crippen LogP contribution in [-0.2, 0) is 27.9 Å². The van der Waals surface area contributed by atoms with Gasteiger partial charge in [-0.15, -0.1) is 0 Å². The molecule has 9 heteroatoms. The minimum absolute atomic E-state index is 0.127. The van der Waals surface area contributed by atoms with Gasteiger partial charge in [0, 0.05) is 36.8 Å². The number of nitrogens with zero attached hydrogens (tertiary/aromatic N) is 1. The molecule has 2 saturated carbocycles. The van der Waals surface area contributed by atoms with Crippen LogP contribution in [0.15, 0.2) is 24.3 Å². The summed E-state index contributed by atoms with van der Waals surface area (Å²) in [5.74, 6) is 0.0762. The summed E-state index contributed by atoms with van der Waals surface area (Å²) >= 11 is 0. The van der Waals surface area contributed by atoms with Crippen LogP contribution < -0.4 is 5.32 Å². The number of hydrogen-bond donors (Lipinski definition) is 2. The van der Waals surface area contributed by atoms with Gasteiger partial charge in [0.05, 0.1) is 16.7 Å². The van der Waals surface area contributed by atoms with Crippen molar-refractivity contribution in [2.75, 3.05) is 0 Å². The maximum absolute atomic E-state index is 13.8. The molecule has 0 spiro atoms. The van der Waals surface area contributed by atoms with Crippen molar-refractivity contribution in [2.45, 2.75) is 96.2 Å². The Morgan fingerprint density at radius 3 is 2.35 bits per heavy atom. The number of aromatic nitrogens is 1. The highest BCUT2D eigenvalue weighted by Gasteiger charge is 2.35. The van der Waals surface area contributed by atoms with Gasteiger partial charge in [-0.25, -0.2) is 0 Å². The first-order chi connectivity index (χ1) is 17.4. The first kappa shape index (κ1) is 27.2. The van der Waals surface area contributed by atoms with Crippen LogP contribution in [0.4, 0.5) is 13.2 Å². The molecule has 1 aromatic carbocycles. The SMILES string of the molecule is Cc1c(C(=O)NC2CC(OC=O)C2)cc(-c2cc(C(C)(C)O)cc(C(F)(F)F)c2)n1CC1CCCCC1. The number of carbonyl (C=O) groups is 2. The van der Waals surface area contributed by atoms with Gasteiger partial charge in [-0.2, -0.15) is 13.2 Å². The minimum Gasteiger partial charge on any atom is -0.464 e. The number of ether oxygens (including phenoxy) is 1. The number of halogens is 3. The summed E-state index contributed by atoms with van der Waals surface area (Å²) in [6, 6.07) is 5.19. The molecule has 0 aliphatic heterocycles. The summed E-state index contributed by atoms with van der Waals surface area (Å²) in [5.41, 5.74) is -0.216. The van der Waals surface area contributed by atoms with Crippen LogP contribution in [0.25, 0.3) is 11.3 Å². The largest absolute Gasteiger partial charge is 0.464 e. The van der Waals surface area contributed by atoms with E-state index in [9.17, 15) is 27.9 Å². The number of alkyl halides is 3. The van der Waals surface area contributed by atoms with E-state index in [0.29, 0.717) is 54.3 Å². The quantitative estimate of drug-likeness (QED) is 0.436. The van der Waals surface area contributed by atoms with Gasteiger partial charge in [-0.05, 0) is 74.9 Å². The van der Waals surface area contributed by atoms with Crippen LogP contribution in [0.3, 0.4) is 0 Å². The average Bonchev–Trinajstić information content (AvgIpc) is 3.13. The average molecular weight is 521 g/mol. The zero-order chi connectivity index (χ0) is 27.0. The third kappa shape index (κ3) is 6.20. The molecule has 0 saturated heterocycles. The predicted molar refractivity (Wildman–Crippen MR) is 133 cm³/mol. The lowest BCUT2D eigenvalue weighted by Gasteiger charge is -2.34. The second kappa shape index (κ2) is 10.5. The monoisotopic (exact) mass is 520 g/mol. The lowest BCUT2D eigenvalue weighted by molar-refractivity contribution is -0.138. The summed E-state index contributed by atoms with van der Waals surface area (Å²) in [6.45, 7) is 5.75. The first-order valence-corrected chi connectivity index (χ1v) is 12.9. The Balaban J connectivity index is 1.74. The Hall–Kier alpha value is -2.81. The van der Waals surface area contributed by atoms with Crippen LogP contribution in [-0.4, -0.2) is 34.2 Å². The van der Waals surface area contributed by atoms with E-state index < -0.39 is 17.3 Å². The summed E-state index contributed by atoms with van der Waals surface area (Å²) in [5, 5.41) is 13.5. The fraction of sp³-hybridized carbons (Fsp3) is 0.571. The normalized spacial score (nSPS) is 20.8. The Morgan fingerprint density at radius 2 is 1.76 bits per heavy atom. The lowest BCUT2D eigenvalue weighted by Crippen LogP contribution is -2.47. The number of rotatable bonds is 8. The molecule has 2 fully saturated rings. The van der Waals surface area contributed by atoms with E-state index in [0.717, 1.165) is 37.8 Å². The van der Waals surface area contributed by atoms with E-state index in [1.54, 1.807) is 12.1 Å². The molecule has 2 N–H and O–H groups in total. The van der Waals surface area contributed by atoms with Gasteiger partial charge >= 0.3 is 6.18 Å². The van der Waals surface area contributed by atoms with E-state index in [4.69, 9.17) is 4.74 Å². The zero-order valence-electron chi connectivity index (χ0n) is 21.5. The van der Waals surface area contributed by atoms with E-state index in [1.165, 1.54) is 20.3 Å². The maximum Gasteiger partial charge on any atom is 0.416 e. The highest BCUT2D eigenvalue weighted by Crippen LogP contribution is 2.38. The standard InChI is InChI=1S/C28H35F3N2O4/c1-17-24(26(35)32-22-12-23(13-22)37-16-34)14-25(33(17)15-18-7-5-4-6-8-18)19-9-20(27(2,3)36)11-21(10-19)28(29,30)31/h9-11,14,16,18,22-23,36H,4-8,12-13,15H2,1-3H3,(H,32,35). The van der Waals surface area contributed by atoms with E-state index >= 15 is 0 Å². The summed E-state index contributed by atoms with van der Waals surface area (Å²) in [4.78, 5) is 23.7. The minimum atomic E-state index is -4.59. The second-order valence-corrected chi connectivity index (χ2v) is 11.0. The Labute approximate surface area is 215 Å². The number of nitrogens with one attached hydrogen (secondary N) is 1. The molecule has 0 unspecified atom stereocenters. The predicted octanol–water partition coefficient (Wildman–Crippen LogP) is 5.72. The van der Waals surface area contributed by atoms with Crippen molar-refractivity contribution in [3.8, 4) is 11.3 Å². The molecule has 2 aliphatic carbocycles. The summed E-state index contributed by atoms with van der Waals surface area (Å²) in [6.07, 6.45) is 1.76. The van der Waals surface area contributed by atoms with Crippen LogP contribution in [0.5, 0.6) is 0 Å². The van der Waals surface area contributed by atoms with Crippen LogP contribution in [0.2, 0.25) is 0 Å². The molecule has 202 valence electrons. The van der Waals surface area contributed by atoms with E-state index in [2.05, 4.69) is 5.32 Å². The van der Waals surface area contributed by atoms with Gasteiger partial charge in [-0.1, -0.05) is 19.3 Å². The molecule has 6 nitrogen and oxygen atoms in total. The molecule has 1 amide bonds. The molecule has 1 heterocycles. The molecule has 4 rings (SSSR count). The van der Waals surface area contributed by atoms with Crippen molar-refractivity contribution in [3.05, 3.63) is 46.6 Å². The fourth-order valence-electron chi connectivity index (χ4n) is 5.41. The second-order valence-electron chi connectivity index (χ2n) is 11.0. The molecule has 37 heavy (non-hydrogen) atoms. The molecule has 2 aliphatic rings. The maximum atomic E-state index is 13.8. The van der Waals surface area contributed by atoms with E-state index in [-0.39, 0.29) is 23.6 Å². The highest BCUT2D eigenvalue weighted by atomic mass is 19.4. The number of hydrogen-bond acceptors (Lipinski definition) is 4. The van der Waals surface area contributed by atoms with Crippen molar-refractivity contribution in [1.82, 2.24) is 9.88 Å². The van der Waals surface area contributed by atoms with Gasteiger partial charge in [0.25, 0.3) is 12.4 Å². The van der Waals surface area contributed by atoms with Crippen LogP contribution in [0.1, 0.15) is 86.0 Å². The number of amides is 1. The molecule has 2 aromatic rings. The van der Waals surface area contributed by atoms with Crippen molar-refractivity contribution >= 4 is 12.4 Å². The Kier molecular flexibility index (Phi) is 7.74. The third-order valence-corrected chi connectivity index (χ3v) is 7.72. The first-order valence-electron chi connectivity index (χ1n) is 12.9. The van der Waals surface area contributed by atoms with Crippen molar-refractivity contribution in [2.24, 2.45) is 5.92 Å². The van der Waals surface area contributed by atoms with Gasteiger partial charge in [0.1, 0.15) is 6.10 Å². The third-order valence-electron chi connectivity index (χ3n) is 7.72. The fourth-order valence-corrected chi connectivity index (χ4v) is 5.41. The van der Waals surface area contributed by atoms with Crippen LogP contribution in [0, 0.1) is 12.8 Å². The van der Waals surface area contributed by atoms with Gasteiger partial charge in [-0.3, -0.25) is 9.59 Å². The molecule has 0 atom stereocenters. The molecule has 0 bridgehead atoms. The highest BCUT2D eigenvalue weighted by molar-refractivity contribution is 5.97. The summed E-state index contributed by atoms with van der Waals surface area (Å²) in [7, 11) is 0. The summed E-state index contributed by atoms with van der Waals surface area (Å²) < 4.78 is 48.4. The smallest absolute Gasteiger partial charge is 0.416 e. The number of benzene rings is 1. The lowest BCUT2D eigenvalue weighted by atomic mass is 9.89. The molecular weight excluding hydrogens is 485 g/mol. The topological polar surface area (TPSA) is 80.6 Å².